The summed E-state index contributed by atoms with van der Waals surface area (Å²) in [5, 5.41) is 14.0. The van der Waals surface area contributed by atoms with E-state index in [0.29, 0.717) is 17.7 Å². The summed E-state index contributed by atoms with van der Waals surface area (Å²) in [6.45, 7) is 0.148. The zero-order valence-corrected chi connectivity index (χ0v) is 15.4. The van der Waals surface area contributed by atoms with Crippen LogP contribution in [0.2, 0.25) is 0 Å². The molecule has 9 heteroatoms. The largest absolute Gasteiger partial charge is 0.492 e. The highest BCUT2D eigenvalue weighted by atomic mass is 32.1. The van der Waals surface area contributed by atoms with Gasteiger partial charge >= 0.3 is 5.97 Å². The van der Waals surface area contributed by atoms with Gasteiger partial charge in [-0.3, -0.25) is 14.9 Å². The van der Waals surface area contributed by atoms with E-state index in [2.05, 4.69) is 5.32 Å². The molecule has 0 aliphatic carbocycles. The Hall–Kier alpha value is -3.46. The third-order valence-corrected chi connectivity index (χ3v) is 4.78. The van der Waals surface area contributed by atoms with Gasteiger partial charge in [-0.2, -0.15) is 0 Å². The number of benzene rings is 2. The Labute approximate surface area is 163 Å². The fourth-order valence-corrected chi connectivity index (χ4v) is 3.31. The van der Waals surface area contributed by atoms with Crippen LogP contribution in [0.25, 0.3) is 10.1 Å². The first-order valence-electron chi connectivity index (χ1n) is 8.32. The number of rotatable bonds is 8. The monoisotopic (exact) mass is 400 g/mol. The number of hydrogen-bond donors (Lipinski definition) is 1. The molecule has 0 atom stereocenters. The maximum atomic E-state index is 12.1. The van der Waals surface area contributed by atoms with Crippen molar-refractivity contribution >= 4 is 39.0 Å². The quantitative estimate of drug-likeness (QED) is 0.269. The van der Waals surface area contributed by atoms with E-state index in [0.717, 1.165) is 16.0 Å². The lowest BCUT2D eigenvalue weighted by molar-refractivity contribution is -0.384. The van der Waals surface area contributed by atoms with E-state index in [1.807, 2.05) is 30.3 Å². The second-order valence-electron chi connectivity index (χ2n) is 5.68. The molecule has 0 fully saturated rings. The molecule has 144 valence electrons. The van der Waals surface area contributed by atoms with Gasteiger partial charge in [-0.1, -0.05) is 18.2 Å². The molecular weight excluding hydrogens is 384 g/mol. The highest BCUT2D eigenvalue weighted by Crippen LogP contribution is 2.29. The number of amides is 1. The number of esters is 1. The number of nitrogens with zero attached hydrogens (tertiary/aromatic N) is 1. The summed E-state index contributed by atoms with van der Waals surface area (Å²) < 4.78 is 11.2. The first-order chi connectivity index (χ1) is 13.5. The van der Waals surface area contributed by atoms with E-state index in [1.165, 1.54) is 18.2 Å². The van der Waals surface area contributed by atoms with Gasteiger partial charge in [0, 0.05) is 22.2 Å². The van der Waals surface area contributed by atoms with E-state index in [-0.39, 0.29) is 17.1 Å². The third-order valence-electron chi connectivity index (χ3n) is 3.68. The fraction of sp³-hybridized carbons (Fsp3) is 0.158. The topological polar surface area (TPSA) is 108 Å². The molecule has 1 N–H and O–H groups in total. The van der Waals surface area contributed by atoms with E-state index in [1.54, 1.807) is 6.07 Å². The van der Waals surface area contributed by atoms with Crippen LogP contribution in [0.4, 0.5) is 5.69 Å². The molecule has 3 aromatic rings. The lowest BCUT2D eigenvalue weighted by Gasteiger charge is -2.07. The van der Waals surface area contributed by atoms with Crippen LogP contribution in [0.1, 0.15) is 9.67 Å². The average molecular weight is 400 g/mol. The molecule has 0 bridgehead atoms. The molecule has 0 saturated carbocycles. The van der Waals surface area contributed by atoms with E-state index in [9.17, 15) is 19.7 Å². The molecule has 1 amide bonds. The van der Waals surface area contributed by atoms with Gasteiger partial charge in [-0.05, 0) is 24.3 Å². The molecule has 8 nitrogen and oxygen atoms in total. The highest BCUT2D eigenvalue weighted by molar-refractivity contribution is 7.20. The maximum Gasteiger partial charge on any atom is 0.348 e. The van der Waals surface area contributed by atoms with Crippen molar-refractivity contribution in [3.05, 3.63) is 69.6 Å². The Bertz CT molecular complexity index is 1000. The number of non-ortho nitro benzene ring substituents is 1. The summed E-state index contributed by atoms with van der Waals surface area (Å²) in [6, 6.07) is 15.0. The maximum absolute atomic E-state index is 12.1. The minimum atomic E-state index is -0.653. The molecule has 0 aliphatic heterocycles. The van der Waals surface area contributed by atoms with Crippen molar-refractivity contribution in [1.82, 2.24) is 5.32 Å². The minimum absolute atomic E-state index is 0.0534. The lowest BCUT2D eigenvalue weighted by atomic mass is 10.2. The first-order valence-corrected chi connectivity index (χ1v) is 9.14. The number of ether oxygens (including phenoxy) is 2. The summed E-state index contributed by atoms with van der Waals surface area (Å²) in [5.74, 6) is -0.394. The van der Waals surface area contributed by atoms with Crippen LogP contribution in [0.15, 0.2) is 54.6 Å². The fourth-order valence-electron chi connectivity index (χ4n) is 2.37. The smallest absolute Gasteiger partial charge is 0.348 e. The van der Waals surface area contributed by atoms with Crippen molar-refractivity contribution in [3.63, 3.8) is 0 Å². The number of nitro benzene ring substituents is 1. The minimum Gasteiger partial charge on any atom is -0.492 e. The number of para-hydroxylation sites is 1. The molecule has 0 aliphatic rings. The average Bonchev–Trinajstić information content (AvgIpc) is 3.13. The van der Waals surface area contributed by atoms with Crippen LogP contribution < -0.4 is 10.1 Å². The van der Waals surface area contributed by atoms with Crippen molar-refractivity contribution < 1.29 is 24.0 Å². The standard InChI is InChI=1S/C19H16N2O6S/c22-18(20-8-9-26-15-4-2-1-3-5-15)12-27-19(23)17-11-13-10-14(21(24)25)6-7-16(13)28-17/h1-7,10-11H,8-9,12H2,(H,20,22). The van der Waals surface area contributed by atoms with Crippen LogP contribution in [-0.4, -0.2) is 36.6 Å². The number of nitrogens with one attached hydrogen (secondary N) is 1. The van der Waals surface area contributed by atoms with Crippen LogP contribution in [0.5, 0.6) is 5.75 Å². The van der Waals surface area contributed by atoms with Gasteiger partial charge in [0.05, 0.1) is 11.5 Å². The molecule has 28 heavy (non-hydrogen) atoms. The number of carbonyl (C=O) groups excluding carboxylic acids is 2. The van der Waals surface area contributed by atoms with Gasteiger partial charge in [0.25, 0.3) is 11.6 Å². The molecule has 0 radical (unpaired) electrons. The highest BCUT2D eigenvalue weighted by Gasteiger charge is 2.15. The van der Waals surface area contributed by atoms with Crippen molar-refractivity contribution in [2.24, 2.45) is 0 Å². The van der Waals surface area contributed by atoms with Gasteiger partial charge in [-0.25, -0.2) is 4.79 Å². The molecule has 1 aromatic heterocycles. The molecule has 0 unspecified atom stereocenters. The zero-order valence-electron chi connectivity index (χ0n) is 14.6. The molecule has 2 aromatic carbocycles. The second kappa shape index (κ2) is 8.96. The van der Waals surface area contributed by atoms with Crippen LogP contribution >= 0.6 is 11.3 Å². The molecule has 0 spiro atoms. The van der Waals surface area contributed by atoms with Gasteiger partial charge in [0.2, 0.25) is 0 Å². The van der Waals surface area contributed by atoms with Crippen LogP contribution in [0.3, 0.4) is 0 Å². The van der Waals surface area contributed by atoms with Crippen LogP contribution in [-0.2, 0) is 9.53 Å². The van der Waals surface area contributed by atoms with Crippen molar-refractivity contribution in [2.75, 3.05) is 19.8 Å². The Morgan fingerprint density at radius 2 is 1.89 bits per heavy atom. The molecule has 0 saturated heterocycles. The SMILES string of the molecule is O=C(COC(=O)c1cc2cc([N+](=O)[O-])ccc2s1)NCCOc1ccccc1. The molecular formula is C19H16N2O6S. The predicted molar refractivity (Wildman–Crippen MR) is 104 cm³/mol. The summed E-state index contributed by atoms with van der Waals surface area (Å²) in [5.41, 5.74) is -0.0534. The third kappa shape index (κ3) is 5.04. The normalized spacial score (nSPS) is 10.4. The summed E-state index contributed by atoms with van der Waals surface area (Å²) in [4.78, 5) is 34.5. The van der Waals surface area contributed by atoms with E-state index >= 15 is 0 Å². The van der Waals surface area contributed by atoms with Gasteiger partial charge < -0.3 is 14.8 Å². The van der Waals surface area contributed by atoms with Gasteiger partial charge in [0.15, 0.2) is 6.61 Å². The van der Waals surface area contributed by atoms with Crippen molar-refractivity contribution in [3.8, 4) is 5.75 Å². The predicted octanol–water partition coefficient (Wildman–Crippen LogP) is 3.16. The van der Waals surface area contributed by atoms with E-state index in [4.69, 9.17) is 9.47 Å². The number of carbonyl (C=O) groups is 2. The number of hydrogen-bond acceptors (Lipinski definition) is 7. The van der Waals surface area contributed by atoms with Crippen molar-refractivity contribution in [1.29, 1.82) is 0 Å². The second-order valence-corrected chi connectivity index (χ2v) is 6.76. The zero-order chi connectivity index (χ0) is 19.9. The Balaban J connectivity index is 1.45. The van der Waals surface area contributed by atoms with Gasteiger partial charge in [0.1, 0.15) is 17.2 Å². The van der Waals surface area contributed by atoms with Crippen LogP contribution in [0, 0.1) is 10.1 Å². The number of nitro groups is 1. The first kappa shape index (κ1) is 19.3. The Morgan fingerprint density at radius 3 is 2.64 bits per heavy atom. The van der Waals surface area contributed by atoms with Crippen molar-refractivity contribution in [2.45, 2.75) is 0 Å². The summed E-state index contributed by atoms with van der Waals surface area (Å²) in [7, 11) is 0. The summed E-state index contributed by atoms with van der Waals surface area (Å²) in [6.07, 6.45) is 0. The molecule has 1 heterocycles. The van der Waals surface area contributed by atoms with E-state index < -0.39 is 23.4 Å². The summed E-state index contributed by atoms with van der Waals surface area (Å²) >= 11 is 1.15. The van der Waals surface area contributed by atoms with Gasteiger partial charge in [-0.15, -0.1) is 11.3 Å². The Kier molecular flexibility index (Phi) is 6.18. The number of thiophene rings is 1. The number of fused-ring (bicyclic) bond motifs is 1. The molecule has 3 rings (SSSR count). The Morgan fingerprint density at radius 1 is 1.11 bits per heavy atom. The lowest BCUT2D eigenvalue weighted by Crippen LogP contribution is -2.32.